The summed E-state index contributed by atoms with van der Waals surface area (Å²) < 4.78 is 11.1. The van der Waals surface area contributed by atoms with E-state index in [-0.39, 0.29) is 53.4 Å². The normalized spacial score (nSPS) is 29.8. The Morgan fingerprint density at radius 1 is 1.21 bits per heavy atom. The van der Waals surface area contributed by atoms with E-state index in [4.69, 9.17) is 32.5 Å². The van der Waals surface area contributed by atoms with E-state index < -0.39 is 29.6 Å². The Morgan fingerprint density at radius 3 is 2.48 bits per heavy atom. The molecule has 4 unspecified atom stereocenters. The quantitative estimate of drug-likeness (QED) is 0.477. The van der Waals surface area contributed by atoms with E-state index >= 15 is 0 Å². The number of halogens is 1. The smallest absolute Gasteiger partial charge is 0.404 e. The molecule has 3 heterocycles. The van der Waals surface area contributed by atoms with Gasteiger partial charge >= 0.3 is 6.09 Å². The van der Waals surface area contributed by atoms with Gasteiger partial charge in [0.2, 0.25) is 11.6 Å². The van der Waals surface area contributed by atoms with Crippen molar-refractivity contribution >= 4 is 35.2 Å². The Hall–Kier alpha value is -3.37. The second-order valence-electron chi connectivity index (χ2n) is 8.44. The number of rotatable bonds is 4. The highest BCUT2D eigenvalue weighted by Gasteiger charge is 2.77. The van der Waals surface area contributed by atoms with Crippen LogP contribution in [0.2, 0.25) is 5.02 Å². The van der Waals surface area contributed by atoms with E-state index in [0.717, 1.165) is 0 Å². The standard InChI is InChI=1S/C22H21ClN4O6/c1-9-15(24)18(29)14-12(8-33-21(25)31)22(32-2)19-13(7-26(22)16(14)17(9)28)27(19)20(30)10-3-5-11(23)6-4-10/h3-6,12-13,19H,7-8,24H2,1-2H3,(H2,25,31). The van der Waals surface area contributed by atoms with Crippen LogP contribution in [0.4, 0.5) is 4.79 Å². The van der Waals surface area contributed by atoms with Crippen molar-refractivity contribution < 1.29 is 28.7 Å². The van der Waals surface area contributed by atoms with Crippen LogP contribution in [0.5, 0.6) is 0 Å². The number of hydrogen-bond donors (Lipinski definition) is 2. The molecule has 172 valence electrons. The van der Waals surface area contributed by atoms with Gasteiger partial charge in [-0.25, -0.2) is 4.79 Å². The van der Waals surface area contributed by atoms with Crippen LogP contribution in [0.1, 0.15) is 17.3 Å². The van der Waals surface area contributed by atoms with Crippen LogP contribution < -0.4 is 11.5 Å². The third kappa shape index (κ3) is 2.71. The lowest BCUT2D eigenvalue weighted by atomic mass is 9.82. The average Bonchev–Trinajstić information content (AvgIpc) is 3.29. The Bertz CT molecular complexity index is 1190. The zero-order valence-electron chi connectivity index (χ0n) is 17.8. The molecule has 0 bridgehead atoms. The maximum absolute atomic E-state index is 13.2. The Balaban J connectivity index is 1.56. The van der Waals surface area contributed by atoms with Crippen molar-refractivity contribution in [1.82, 2.24) is 9.80 Å². The number of nitrogens with zero attached hydrogens (tertiary/aromatic N) is 2. The maximum Gasteiger partial charge on any atom is 0.404 e. The maximum atomic E-state index is 13.2. The van der Waals surface area contributed by atoms with Gasteiger partial charge in [-0.3, -0.25) is 14.4 Å². The number of hydrogen-bond acceptors (Lipinski definition) is 8. The zero-order chi connectivity index (χ0) is 23.8. The molecular weight excluding hydrogens is 452 g/mol. The summed E-state index contributed by atoms with van der Waals surface area (Å²) in [5.41, 5.74) is 10.6. The molecule has 33 heavy (non-hydrogen) atoms. The molecule has 2 fully saturated rings. The first-order valence-electron chi connectivity index (χ1n) is 10.3. The van der Waals surface area contributed by atoms with E-state index in [1.165, 1.54) is 14.0 Å². The summed E-state index contributed by atoms with van der Waals surface area (Å²) in [5, 5.41) is 0.505. The number of carbonyl (C=O) groups is 4. The average molecular weight is 473 g/mol. The molecule has 2 saturated heterocycles. The number of nitrogens with two attached hydrogens (primary N) is 2. The second-order valence-corrected chi connectivity index (χ2v) is 8.88. The molecule has 0 saturated carbocycles. The van der Waals surface area contributed by atoms with Gasteiger partial charge in [-0.05, 0) is 31.2 Å². The van der Waals surface area contributed by atoms with Crippen LogP contribution in [0.15, 0.2) is 46.8 Å². The number of ether oxygens (including phenoxy) is 2. The number of benzene rings is 1. The highest BCUT2D eigenvalue weighted by atomic mass is 35.5. The summed E-state index contributed by atoms with van der Waals surface area (Å²) in [6.07, 6.45) is -1.03. The fourth-order valence-electron chi connectivity index (χ4n) is 5.50. The van der Waals surface area contributed by atoms with Crippen LogP contribution in [0.25, 0.3) is 0 Å². The zero-order valence-corrected chi connectivity index (χ0v) is 18.6. The van der Waals surface area contributed by atoms with E-state index in [9.17, 15) is 19.2 Å². The number of methoxy groups -OCH3 is 1. The first-order valence-corrected chi connectivity index (χ1v) is 10.7. The lowest BCUT2D eigenvalue weighted by molar-refractivity contribution is -0.143. The molecule has 4 N–H and O–H groups in total. The minimum absolute atomic E-state index is 0.121. The molecule has 1 aliphatic carbocycles. The number of carbonyl (C=O) groups excluding carboxylic acids is 4. The Kier molecular flexibility index (Phi) is 4.60. The van der Waals surface area contributed by atoms with Gasteiger partial charge in [0.15, 0.2) is 5.72 Å². The van der Waals surface area contributed by atoms with E-state index in [1.807, 2.05) is 0 Å². The van der Waals surface area contributed by atoms with Gasteiger partial charge in [0.1, 0.15) is 12.6 Å². The minimum Gasteiger partial charge on any atom is -0.449 e. The van der Waals surface area contributed by atoms with Gasteiger partial charge < -0.3 is 30.7 Å². The molecule has 11 heteroatoms. The van der Waals surface area contributed by atoms with Crippen molar-refractivity contribution in [2.24, 2.45) is 17.4 Å². The van der Waals surface area contributed by atoms with Crippen molar-refractivity contribution in [3.05, 3.63) is 57.4 Å². The molecule has 3 aliphatic heterocycles. The van der Waals surface area contributed by atoms with Gasteiger partial charge in [0.25, 0.3) is 5.91 Å². The number of fused-ring (bicyclic) bond motifs is 4. The summed E-state index contributed by atoms with van der Waals surface area (Å²) in [6, 6.07) is 5.76. The highest BCUT2D eigenvalue weighted by Crippen LogP contribution is 2.60. The van der Waals surface area contributed by atoms with E-state index in [1.54, 1.807) is 34.1 Å². The van der Waals surface area contributed by atoms with Gasteiger partial charge in [0, 0.05) is 35.4 Å². The highest BCUT2D eigenvalue weighted by molar-refractivity contribution is 6.30. The number of piperazine rings is 1. The van der Waals surface area contributed by atoms with Gasteiger partial charge in [-0.15, -0.1) is 0 Å². The van der Waals surface area contributed by atoms with Crippen LogP contribution in [0, 0.1) is 5.92 Å². The largest absolute Gasteiger partial charge is 0.449 e. The van der Waals surface area contributed by atoms with Gasteiger partial charge in [0.05, 0.1) is 23.4 Å². The molecule has 10 nitrogen and oxygen atoms in total. The molecular formula is C22H21ClN4O6. The molecule has 1 aromatic carbocycles. The SMILES string of the molecule is COC12C(COC(N)=O)C3=C(C(=O)C(C)=C(N)C3=O)N1CC1C2N1C(=O)c1ccc(Cl)cc1. The molecule has 0 radical (unpaired) electrons. The van der Waals surface area contributed by atoms with E-state index in [0.29, 0.717) is 10.6 Å². The van der Waals surface area contributed by atoms with E-state index in [2.05, 4.69) is 0 Å². The molecule has 5 rings (SSSR count). The summed E-state index contributed by atoms with van der Waals surface area (Å²) in [7, 11) is 1.44. The van der Waals surface area contributed by atoms with Crippen LogP contribution in [0.3, 0.4) is 0 Å². The number of ketones is 2. The first-order chi connectivity index (χ1) is 15.6. The molecule has 2 amide bonds. The molecule has 0 spiro atoms. The Morgan fingerprint density at radius 2 is 1.88 bits per heavy atom. The predicted octanol–water partition coefficient (Wildman–Crippen LogP) is 0.555. The molecule has 4 aliphatic rings. The first kappa shape index (κ1) is 21.5. The topological polar surface area (TPSA) is 145 Å². The molecule has 4 atom stereocenters. The summed E-state index contributed by atoms with van der Waals surface area (Å²) in [4.78, 5) is 54.3. The van der Waals surface area contributed by atoms with Crippen LogP contribution in [-0.2, 0) is 19.1 Å². The summed E-state index contributed by atoms with van der Waals surface area (Å²) in [6.45, 7) is 1.46. The van der Waals surface area contributed by atoms with Crippen molar-refractivity contribution in [3.8, 4) is 0 Å². The monoisotopic (exact) mass is 472 g/mol. The number of primary amides is 1. The number of Topliss-reactive ketones (excluding diaryl/α,β-unsaturated/α-hetero) is 2. The van der Waals surface area contributed by atoms with Crippen molar-refractivity contribution in [2.45, 2.75) is 24.7 Å². The van der Waals surface area contributed by atoms with Crippen molar-refractivity contribution in [2.75, 3.05) is 20.3 Å². The lowest BCUT2D eigenvalue weighted by Gasteiger charge is -2.41. The van der Waals surface area contributed by atoms with Crippen LogP contribution >= 0.6 is 11.6 Å². The van der Waals surface area contributed by atoms with Crippen molar-refractivity contribution in [3.63, 3.8) is 0 Å². The molecule has 0 aromatic heterocycles. The van der Waals surface area contributed by atoms with Gasteiger partial charge in [-0.1, -0.05) is 11.6 Å². The lowest BCUT2D eigenvalue weighted by Crippen LogP contribution is -2.56. The third-order valence-corrected chi connectivity index (χ3v) is 7.27. The summed E-state index contributed by atoms with van der Waals surface area (Å²) >= 11 is 5.94. The summed E-state index contributed by atoms with van der Waals surface area (Å²) in [5.74, 6) is -2.00. The Labute approximate surface area is 193 Å². The van der Waals surface area contributed by atoms with Crippen molar-refractivity contribution in [1.29, 1.82) is 0 Å². The fourth-order valence-corrected chi connectivity index (χ4v) is 5.62. The fraction of sp³-hybridized carbons (Fsp3) is 0.364. The second kappa shape index (κ2) is 7.06. The number of allylic oxidation sites excluding steroid dienone is 2. The molecule has 1 aromatic rings. The third-order valence-electron chi connectivity index (χ3n) is 7.01. The van der Waals surface area contributed by atoms with Gasteiger partial charge in [-0.2, -0.15) is 0 Å². The number of amides is 2. The minimum atomic E-state index is -1.29. The van der Waals surface area contributed by atoms with Crippen LogP contribution in [-0.4, -0.2) is 71.4 Å². The predicted molar refractivity (Wildman–Crippen MR) is 115 cm³/mol.